The molecule has 0 saturated carbocycles. The molecule has 0 radical (unpaired) electrons. The second-order valence-corrected chi connectivity index (χ2v) is 4.89. The molecular weight excluding hydrogens is 224 g/mol. The topological polar surface area (TPSA) is 45.6 Å². The first kappa shape index (κ1) is 13.4. The van der Waals surface area contributed by atoms with Crippen molar-refractivity contribution in [1.29, 1.82) is 0 Å². The summed E-state index contributed by atoms with van der Waals surface area (Å²) in [7, 11) is 3.67. The third-order valence-electron chi connectivity index (χ3n) is 2.75. The molecule has 5 heteroatoms. The molecule has 1 aromatic rings. The lowest BCUT2D eigenvalue weighted by Gasteiger charge is -2.22. The Hall–Kier alpha value is -0.650. The first-order chi connectivity index (χ1) is 7.63. The van der Waals surface area contributed by atoms with E-state index in [0.717, 1.165) is 22.1 Å². The summed E-state index contributed by atoms with van der Waals surface area (Å²) in [4.78, 5) is 7.54. The molecule has 0 saturated heterocycles. The van der Waals surface area contributed by atoms with Crippen LogP contribution in [0.4, 0.5) is 5.13 Å². The van der Waals surface area contributed by atoms with Gasteiger partial charge in [0.25, 0.3) is 0 Å². The van der Waals surface area contributed by atoms with Gasteiger partial charge in [0.2, 0.25) is 0 Å². The van der Waals surface area contributed by atoms with E-state index < -0.39 is 0 Å². The van der Waals surface area contributed by atoms with E-state index in [0.29, 0.717) is 12.6 Å². The fourth-order valence-corrected chi connectivity index (χ4v) is 2.34. The first-order valence-electron chi connectivity index (χ1n) is 5.45. The number of rotatable bonds is 6. The van der Waals surface area contributed by atoms with Gasteiger partial charge in [-0.15, -0.1) is 0 Å². The van der Waals surface area contributed by atoms with Gasteiger partial charge in [0, 0.05) is 20.2 Å². The number of thiazole rings is 1. The van der Waals surface area contributed by atoms with E-state index in [1.807, 2.05) is 7.05 Å². The second kappa shape index (κ2) is 6.18. The van der Waals surface area contributed by atoms with Gasteiger partial charge >= 0.3 is 0 Å². The molecule has 0 aliphatic heterocycles. The van der Waals surface area contributed by atoms with E-state index in [-0.39, 0.29) is 6.61 Å². The largest absolute Gasteiger partial charge is 0.391 e. The molecule has 0 aliphatic carbocycles. The Bertz CT molecular complexity index is 328. The Kier molecular flexibility index (Phi) is 5.18. The van der Waals surface area contributed by atoms with Crippen LogP contribution in [0, 0.1) is 0 Å². The van der Waals surface area contributed by atoms with Crippen LogP contribution >= 0.6 is 11.3 Å². The van der Waals surface area contributed by atoms with Crippen LogP contribution in [0.1, 0.15) is 30.8 Å². The maximum absolute atomic E-state index is 9.23. The summed E-state index contributed by atoms with van der Waals surface area (Å²) < 4.78 is 5.06. The van der Waals surface area contributed by atoms with Crippen molar-refractivity contribution in [3.8, 4) is 0 Å². The zero-order chi connectivity index (χ0) is 12.1. The Balaban J connectivity index is 2.89. The number of aliphatic hydroxyl groups excluding tert-OH is 1. The maximum atomic E-state index is 9.23. The lowest BCUT2D eigenvalue weighted by atomic mass is 10.2. The SMILES string of the molecule is CCC(C)N(C)c1nc(COC)c(CO)s1. The van der Waals surface area contributed by atoms with E-state index in [4.69, 9.17) is 4.74 Å². The molecule has 0 bridgehead atoms. The molecule has 1 N–H and O–H groups in total. The Morgan fingerprint density at radius 3 is 2.75 bits per heavy atom. The van der Waals surface area contributed by atoms with Gasteiger partial charge in [-0.2, -0.15) is 0 Å². The predicted molar refractivity (Wildman–Crippen MR) is 66.9 cm³/mol. The van der Waals surface area contributed by atoms with Crippen LogP contribution in [0.25, 0.3) is 0 Å². The van der Waals surface area contributed by atoms with Gasteiger partial charge in [0.15, 0.2) is 5.13 Å². The summed E-state index contributed by atoms with van der Waals surface area (Å²) in [6.45, 7) is 4.80. The van der Waals surface area contributed by atoms with Gasteiger partial charge in [0.1, 0.15) is 0 Å². The highest BCUT2D eigenvalue weighted by Crippen LogP contribution is 2.27. The van der Waals surface area contributed by atoms with Crippen LogP contribution in [0.15, 0.2) is 0 Å². The normalized spacial score (nSPS) is 12.8. The molecular formula is C11H20N2O2S. The molecule has 0 fully saturated rings. The standard InChI is InChI=1S/C11H20N2O2S/c1-5-8(2)13(3)11-12-9(7-15-4)10(6-14)16-11/h8,14H,5-7H2,1-4H3. The smallest absolute Gasteiger partial charge is 0.185 e. The third kappa shape index (κ3) is 2.93. The predicted octanol–water partition coefficient (Wildman–Crippen LogP) is 2.02. The Labute approximate surface area is 101 Å². The number of nitrogens with zero attached hydrogens (tertiary/aromatic N) is 2. The van der Waals surface area contributed by atoms with E-state index in [1.54, 1.807) is 7.11 Å². The van der Waals surface area contributed by atoms with Crippen molar-refractivity contribution in [2.45, 2.75) is 39.5 Å². The Morgan fingerprint density at radius 1 is 1.56 bits per heavy atom. The molecule has 1 rings (SSSR count). The molecule has 0 aromatic carbocycles. The van der Waals surface area contributed by atoms with Gasteiger partial charge in [-0.3, -0.25) is 0 Å². The van der Waals surface area contributed by atoms with Gasteiger partial charge in [-0.1, -0.05) is 18.3 Å². The molecule has 1 unspecified atom stereocenters. The lowest BCUT2D eigenvalue weighted by molar-refractivity contribution is 0.179. The van der Waals surface area contributed by atoms with Crippen LogP contribution < -0.4 is 4.90 Å². The maximum Gasteiger partial charge on any atom is 0.185 e. The quantitative estimate of drug-likeness (QED) is 0.831. The molecule has 0 spiro atoms. The molecule has 1 atom stereocenters. The summed E-state index contributed by atoms with van der Waals surface area (Å²) in [6.07, 6.45) is 1.07. The minimum absolute atomic E-state index is 0.0324. The van der Waals surface area contributed by atoms with E-state index in [2.05, 4.69) is 23.7 Å². The van der Waals surface area contributed by atoms with Crippen LogP contribution in [-0.4, -0.2) is 30.3 Å². The fourth-order valence-electron chi connectivity index (χ4n) is 1.36. The summed E-state index contributed by atoms with van der Waals surface area (Å²) in [5, 5.41) is 10.2. The van der Waals surface area contributed by atoms with Crippen LogP contribution in [0.5, 0.6) is 0 Å². The Morgan fingerprint density at radius 2 is 2.25 bits per heavy atom. The number of methoxy groups -OCH3 is 1. The first-order valence-corrected chi connectivity index (χ1v) is 6.26. The molecule has 16 heavy (non-hydrogen) atoms. The minimum atomic E-state index is 0.0324. The van der Waals surface area contributed by atoms with Gasteiger partial charge in [0.05, 0.1) is 23.8 Å². The van der Waals surface area contributed by atoms with Crippen molar-refractivity contribution in [1.82, 2.24) is 4.98 Å². The minimum Gasteiger partial charge on any atom is -0.391 e. The van der Waals surface area contributed by atoms with Crippen molar-refractivity contribution < 1.29 is 9.84 Å². The lowest BCUT2D eigenvalue weighted by Crippen LogP contribution is -2.27. The zero-order valence-corrected chi connectivity index (χ0v) is 11.2. The summed E-state index contributed by atoms with van der Waals surface area (Å²) in [5.74, 6) is 0. The van der Waals surface area contributed by atoms with E-state index in [1.165, 1.54) is 11.3 Å². The monoisotopic (exact) mass is 244 g/mol. The van der Waals surface area contributed by atoms with E-state index >= 15 is 0 Å². The number of anilines is 1. The van der Waals surface area contributed by atoms with Crippen molar-refractivity contribution in [3.63, 3.8) is 0 Å². The number of hydrogen-bond donors (Lipinski definition) is 1. The number of aliphatic hydroxyl groups is 1. The van der Waals surface area contributed by atoms with Crippen LogP contribution in [-0.2, 0) is 18.0 Å². The highest BCUT2D eigenvalue weighted by molar-refractivity contribution is 7.15. The van der Waals surface area contributed by atoms with Gasteiger partial charge < -0.3 is 14.7 Å². The van der Waals surface area contributed by atoms with Crippen molar-refractivity contribution in [2.24, 2.45) is 0 Å². The van der Waals surface area contributed by atoms with Gasteiger partial charge in [-0.25, -0.2) is 4.98 Å². The second-order valence-electron chi connectivity index (χ2n) is 3.83. The molecule has 0 aliphatic rings. The summed E-state index contributed by atoms with van der Waals surface area (Å²) in [5.41, 5.74) is 0.847. The summed E-state index contributed by atoms with van der Waals surface area (Å²) >= 11 is 1.54. The highest BCUT2D eigenvalue weighted by atomic mass is 32.1. The highest BCUT2D eigenvalue weighted by Gasteiger charge is 2.16. The average molecular weight is 244 g/mol. The molecule has 1 aromatic heterocycles. The number of ether oxygens (including phenoxy) is 1. The molecule has 4 nitrogen and oxygen atoms in total. The molecule has 92 valence electrons. The van der Waals surface area contributed by atoms with Crippen molar-refractivity contribution in [3.05, 3.63) is 10.6 Å². The average Bonchev–Trinajstić information content (AvgIpc) is 2.70. The van der Waals surface area contributed by atoms with Crippen molar-refractivity contribution in [2.75, 3.05) is 19.1 Å². The number of aromatic nitrogens is 1. The molecule has 1 heterocycles. The third-order valence-corrected chi connectivity index (χ3v) is 3.92. The zero-order valence-electron chi connectivity index (χ0n) is 10.4. The molecule has 0 amide bonds. The van der Waals surface area contributed by atoms with Crippen molar-refractivity contribution >= 4 is 16.5 Å². The summed E-state index contributed by atoms with van der Waals surface area (Å²) in [6, 6.07) is 0.452. The number of hydrogen-bond acceptors (Lipinski definition) is 5. The van der Waals surface area contributed by atoms with Gasteiger partial charge in [-0.05, 0) is 13.3 Å². The fraction of sp³-hybridized carbons (Fsp3) is 0.727. The van der Waals surface area contributed by atoms with Crippen LogP contribution in [0.2, 0.25) is 0 Å². The van der Waals surface area contributed by atoms with E-state index in [9.17, 15) is 5.11 Å². The van der Waals surface area contributed by atoms with Crippen LogP contribution in [0.3, 0.4) is 0 Å².